The molecular weight excluding hydrogens is 328 g/mol. The first-order chi connectivity index (χ1) is 11.7. The Morgan fingerprint density at radius 1 is 1.42 bits per heavy atom. The van der Waals surface area contributed by atoms with Gasteiger partial charge in [0.25, 0.3) is 5.78 Å². The average Bonchev–Trinajstić information content (AvgIpc) is 3.29. The molecule has 8 nitrogen and oxygen atoms in total. The van der Waals surface area contributed by atoms with Gasteiger partial charge in [-0.15, -0.1) is 11.3 Å². The van der Waals surface area contributed by atoms with Crippen LogP contribution in [-0.4, -0.2) is 44.2 Å². The van der Waals surface area contributed by atoms with Gasteiger partial charge in [-0.25, -0.2) is 14.5 Å². The number of benzene rings is 1. The zero-order valence-corrected chi connectivity index (χ0v) is 13.6. The number of aromatic nitrogens is 5. The van der Waals surface area contributed by atoms with Crippen LogP contribution in [0.5, 0.6) is 0 Å². The van der Waals surface area contributed by atoms with Crippen molar-refractivity contribution in [1.29, 1.82) is 0 Å². The summed E-state index contributed by atoms with van der Waals surface area (Å²) in [4.78, 5) is 24.3. The maximum Gasteiger partial charge on any atom is 0.307 e. The number of carbonyl (C=O) groups excluding carboxylic acids is 1. The van der Waals surface area contributed by atoms with Crippen LogP contribution in [0.25, 0.3) is 27.4 Å². The molecule has 0 fully saturated rings. The molecule has 0 aliphatic rings. The fraction of sp³-hybridized carbons (Fsp3) is 0.200. The first-order valence-corrected chi connectivity index (χ1v) is 8.21. The minimum absolute atomic E-state index is 0.265. The van der Waals surface area contributed by atoms with Crippen molar-refractivity contribution in [3.63, 3.8) is 0 Å². The third-order valence-corrected chi connectivity index (χ3v) is 4.42. The molecule has 4 aromatic rings. The summed E-state index contributed by atoms with van der Waals surface area (Å²) in [5, 5.41) is 9.09. The Bertz CT molecular complexity index is 1000. The molecule has 0 unspecified atom stereocenters. The molecule has 9 heteroatoms. The molecule has 3 aromatic heterocycles. The Morgan fingerprint density at radius 2 is 2.33 bits per heavy atom. The minimum Gasteiger partial charge on any atom is -0.469 e. The number of H-pyrrole nitrogens is 1. The van der Waals surface area contributed by atoms with Crippen LogP contribution < -0.4 is 5.32 Å². The molecule has 1 aromatic carbocycles. The van der Waals surface area contributed by atoms with E-state index in [2.05, 4.69) is 30.1 Å². The molecule has 0 saturated carbocycles. The Morgan fingerprint density at radius 3 is 3.12 bits per heavy atom. The van der Waals surface area contributed by atoms with Gasteiger partial charge in [0, 0.05) is 23.7 Å². The quantitative estimate of drug-likeness (QED) is 0.540. The Hall–Kier alpha value is -2.94. The molecule has 2 N–H and O–H groups in total. The summed E-state index contributed by atoms with van der Waals surface area (Å²) < 4.78 is 6.41. The van der Waals surface area contributed by atoms with Gasteiger partial charge in [-0.05, 0) is 18.2 Å². The molecule has 0 aliphatic carbocycles. The van der Waals surface area contributed by atoms with Gasteiger partial charge in [-0.3, -0.25) is 9.89 Å². The van der Waals surface area contributed by atoms with Gasteiger partial charge < -0.3 is 10.1 Å². The highest BCUT2D eigenvalue weighted by Gasteiger charge is 2.11. The van der Waals surface area contributed by atoms with Crippen LogP contribution in [0.15, 0.2) is 29.8 Å². The van der Waals surface area contributed by atoms with Crippen molar-refractivity contribution in [2.24, 2.45) is 0 Å². The maximum absolute atomic E-state index is 11.1. The average molecular weight is 342 g/mol. The first kappa shape index (κ1) is 14.6. The smallest absolute Gasteiger partial charge is 0.307 e. The topological polar surface area (TPSA) is 97.2 Å². The number of hydrogen-bond donors (Lipinski definition) is 2. The minimum atomic E-state index is -0.265. The number of nitrogens with one attached hydrogen (secondary N) is 2. The van der Waals surface area contributed by atoms with Crippen LogP contribution in [0.3, 0.4) is 0 Å². The molecule has 122 valence electrons. The summed E-state index contributed by atoms with van der Waals surface area (Å²) in [5.41, 5.74) is 2.82. The number of aromatic amines is 1. The SMILES string of the molecule is COC(=O)CCNc1nc2nc3cc(-c4nccs4)ccc3n2[nH]1. The molecule has 0 amide bonds. The number of imidazole rings is 1. The second-order valence-electron chi connectivity index (χ2n) is 5.11. The van der Waals surface area contributed by atoms with Crippen molar-refractivity contribution in [1.82, 2.24) is 24.6 Å². The van der Waals surface area contributed by atoms with E-state index in [1.807, 2.05) is 23.6 Å². The van der Waals surface area contributed by atoms with Crippen LogP contribution in [0.4, 0.5) is 5.95 Å². The molecule has 24 heavy (non-hydrogen) atoms. The predicted octanol–water partition coefficient (Wildman–Crippen LogP) is 2.31. The van der Waals surface area contributed by atoms with E-state index in [1.54, 1.807) is 22.0 Å². The number of anilines is 1. The van der Waals surface area contributed by atoms with Crippen molar-refractivity contribution in [2.45, 2.75) is 6.42 Å². The summed E-state index contributed by atoms with van der Waals surface area (Å²) in [7, 11) is 1.37. The van der Waals surface area contributed by atoms with E-state index in [0.717, 1.165) is 21.6 Å². The third-order valence-electron chi connectivity index (χ3n) is 3.59. The van der Waals surface area contributed by atoms with Crippen molar-refractivity contribution in [2.75, 3.05) is 19.0 Å². The molecule has 0 atom stereocenters. The summed E-state index contributed by atoms with van der Waals surface area (Å²) in [5.74, 6) is 0.869. The van der Waals surface area contributed by atoms with Crippen LogP contribution in [-0.2, 0) is 9.53 Å². The van der Waals surface area contributed by atoms with Gasteiger partial charge in [0.05, 0.1) is 24.6 Å². The zero-order valence-electron chi connectivity index (χ0n) is 12.8. The van der Waals surface area contributed by atoms with Crippen molar-refractivity contribution >= 4 is 40.1 Å². The number of methoxy groups -OCH3 is 1. The lowest BCUT2D eigenvalue weighted by Crippen LogP contribution is -2.10. The van der Waals surface area contributed by atoms with E-state index in [-0.39, 0.29) is 12.4 Å². The highest BCUT2D eigenvalue weighted by atomic mass is 32.1. The summed E-state index contributed by atoms with van der Waals surface area (Å²) in [6.07, 6.45) is 2.06. The highest BCUT2D eigenvalue weighted by Crippen LogP contribution is 2.26. The second kappa shape index (κ2) is 5.93. The lowest BCUT2D eigenvalue weighted by molar-refractivity contribution is -0.140. The van der Waals surface area contributed by atoms with Crippen LogP contribution >= 0.6 is 11.3 Å². The van der Waals surface area contributed by atoms with Gasteiger partial charge in [0.1, 0.15) is 5.01 Å². The van der Waals surface area contributed by atoms with Crippen molar-refractivity contribution in [3.05, 3.63) is 29.8 Å². The number of hydrogen-bond acceptors (Lipinski definition) is 7. The van der Waals surface area contributed by atoms with Crippen LogP contribution in [0, 0.1) is 0 Å². The second-order valence-corrected chi connectivity index (χ2v) is 6.01. The van der Waals surface area contributed by atoms with Gasteiger partial charge >= 0.3 is 5.97 Å². The van der Waals surface area contributed by atoms with E-state index >= 15 is 0 Å². The van der Waals surface area contributed by atoms with Gasteiger partial charge in [0.2, 0.25) is 5.95 Å². The Kier molecular flexibility index (Phi) is 3.62. The van der Waals surface area contributed by atoms with Crippen molar-refractivity contribution in [3.8, 4) is 10.6 Å². The summed E-state index contributed by atoms with van der Waals surface area (Å²) in [6, 6.07) is 6.00. The number of carbonyl (C=O) groups is 1. The number of rotatable bonds is 5. The lowest BCUT2D eigenvalue weighted by Gasteiger charge is -2.01. The van der Waals surface area contributed by atoms with Crippen LogP contribution in [0.1, 0.15) is 6.42 Å². The number of thiazole rings is 1. The van der Waals surface area contributed by atoms with Gasteiger partial charge in [-0.2, -0.15) is 4.98 Å². The fourth-order valence-electron chi connectivity index (χ4n) is 2.45. The summed E-state index contributed by atoms with van der Waals surface area (Å²) >= 11 is 1.59. The molecular formula is C15H14N6O2S. The van der Waals surface area contributed by atoms with E-state index < -0.39 is 0 Å². The van der Waals surface area contributed by atoms with E-state index in [4.69, 9.17) is 0 Å². The van der Waals surface area contributed by atoms with Gasteiger partial charge in [-0.1, -0.05) is 0 Å². The first-order valence-electron chi connectivity index (χ1n) is 7.33. The van der Waals surface area contributed by atoms with E-state index in [9.17, 15) is 4.79 Å². The largest absolute Gasteiger partial charge is 0.469 e. The Labute approximate surface area is 140 Å². The van der Waals surface area contributed by atoms with E-state index in [0.29, 0.717) is 18.3 Å². The van der Waals surface area contributed by atoms with Crippen molar-refractivity contribution < 1.29 is 9.53 Å². The Balaban J connectivity index is 1.60. The number of esters is 1. The molecule has 0 radical (unpaired) electrons. The summed E-state index contributed by atoms with van der Waals surface area (Å²) in [6.45, 7) is 0.440. The highest BCUT2D eigenvalue weighted by molar-refractivity contribution is 7.13. The molecule has 0 saturated heterocycles. The van der Waals surface area contributed by atoms with Gasteiger partial charge in [0.15, 0.2) is 0 Å². The normalized spacial score (nSPS) is 11.2. The lowest BCUT2D eigenvalue weighted by atomic mass is 10.2. The number of nitrogens with zero attached hydrogens (tertiary/aromatic N) is 4. The van der Waals surface area contributed by atoms with Crippen LogP contribution in [0.2, 0.25) is 0 Å². The monoisotopic (exact) mass is 342 g/mol. The third kappa shape index (κ3) is 2.58. The zero-order chi connectivity index (χ0) is 16.5. The molecule has 3 heterocycles. The number of fused-ring (bicyclic) bond motifs is 3. The molecule has 4 rings (SSSR count). The standard InChI is InChI=1S/C15H14N6O2S/c1-23-12(22)4-5-17-14-19-15-18-10-8-9(13-16-6-7-24-13)2-3-11(10)21(15)20-14/h2-3,6-8H,4-5H2,1H3,(H2,17,18,19,20). The predicted molar refractivity (Wildman–Crippen MR) is 91.1 cm³/mol. The molecule has 0 spiro atoms. The fourth-order valence-corrected chi connectivity index (χ4v) is 3.08. The maximum atomic E-state index is 11.1. The molecule has 0 bridgehead atoms. The molecule has 0 aliphatic heterocycles. The number of ether oxygens (including phenoxy) is 1. The van der Waals surface area contributed by atoms with E-state index in [1.165, 1.54) is 7.11 Å².